The van der Waals surface area contributed by atoms with Crippen molar-refractivity contribution >= 4 is 5.97 Å². The average Bonchev–Trinajstić information content (AvgIpc) is 2.67. The van der Waals surface area contributed by atoms with Crippen molar-refractivity contribution in [3.63, 3.8) is 0 Å². The zero-order valence-corrected chi connectivity index (χ0v) is 15.5. The van der Waals surface area contributed by atoms with Gasteiger partial charge in [0.25, 0.3) is 0 Å². The molecule has 2 aromatic rings. The second-order valence-corrected chi connectivity index (χ2v) is 5.53. The number of ether oxygens (including phenoxy) is 5. The Morgan fingerprint density at radius 3 is 1.92 bits per heavy atom. The first-order chi connectivity index (χ1) is 12.6. The van der Waals surface area contributed by atoms with E-state index in [2.05, 4.69) is 0 Å². The molecule has 0 aliphatic rings. The van der Waals surface area contributed by atoms with Crippen LogP contribution in [0.1, 0.15) is 11.1 Å². The van der Waals surface area contributed by atoms with Crippen LogP contribution in [0.5, 0.6) is 23.0 Å². The van der Waals surface area contributed by atoms with E-state index < -0.39 is 0 Å². The van der Waals surface area contributed by atoms with E-state index in [-0.39, 0.29) is 12.4 Å². The lowest BCUT2D eigenvalue weighted by Crippen LogP contribution is -2.11. The van der Waals surface area contributed by atoms with Gasteiger partial charge in [-0.25, -0.2) is 0 Å². The zero-order valence-electron chi connectivity index (χ0n) is 15.5. The Labute approximate surface area is 153 Å². The Balaban J connectivity index is 1.92. The maximum atomic E-state index is 12.1. The Morgan fingerprint density at radius 1 is 0.808 bits per heavy atom. The van der Waals surface area contributed by atoms with Crippen molar-refractivity contribution < 1.29 is 28.5 Å². The number of carbonyl (C=O) groups excluding carboxylic acids is 1. The normalized spacial score (nSPS) is 10.2. The quantitative estimate of drug-likeness (QED) is 0.641. The number of methoxy groups -OCH3 is 4. The van der Waals surface area contributed by atoms with Crippen LogP contribution < -0.4 is 18.9 Å². The van der Waals surface area contributed by atoms with Gasteiger partial charge < -0.3 is 23.7 Å². The first kappa shape index (κ1) is 19.4. The van der Waals surface area contributed by atoms with Crippen LogP contribution in [0.25, 0.3) is 0 Å². The second-order valence-electron chi connectivity index (χ2n) is 5.53. The van der Waals surface area contributed by atoms with E-state index in [1.54, 1.807) is 19.2 Å². The Hall–Kier alpha value is -2.89. The van der Waals surface area contributed by atoms with Crippen LogP contribution in [0.4, 0.5) is 0 Å². The van der Waals surface area contributed by atoms with Crippen molar-refractivity contribution in [1.29, 1.82) is 0 Å². The van der Waals surface area contributed by atoms with Gasteiger partial charge in [0.05, 0.1) is 41.5 Å². The molecule has 0 N–H and O–H groups in total. The van der Waals surface area contributed by atoms with Crippen molar-refractivity contribution in [3.8, 4) is 23.0 Å². The first-order valence-electron chi connectivity index (χ1n) is 8.18. The lowest BCUT2D eigenvalue weighted by molar-refractivity contribution is -0.142. The van der Waals surface area contributed by atoms with Crippen LogP contribution >= 0.6 is 0 Å². The highest BCUT2D eigenvalue weighted by molar-refractivity contribution is 5.73. The van der Waals surface area contributed by atoms with Gasteiger partial charge in [-0.05, 0) is 35.4 Å². The summed E-state index contributed by atoms with van der Waals surface area (Å²) in [6, 6.07) is 11.1. The molecule has 0 saturated carbocycles. The van der Waals surface area contributed by atoms with E-state index in [1.165, 1.54) is 21.3 Å². The zero-order chi connectivity index (χ0) is 18.9. The van der Waals surface area contributed by atoms with Gasteiger partial charge >= 0.3 is 5.97 Å². The molecular formula is C20H24O6. The molecule has 2 rings (SSSR count). The third kappa shape index (κ3) is 5.05. The second kappa shape index (κ2) is 9.56. The summed E-state index contributed by atoms with van der Waals surface area (Å²) >= 11 is 0. The number of rotatable bonds is 9. The molecule has 0 amide bonds. The molecule has 0 radical (unpaired) electrons. The minimum Gasteiger partial charge on any atom is -0.497 e. The van der Waals surface area contributed by atoms with Gasteiger partial charge in [-0.15, -0.1) is 0 Å². The van der Waals surface area contributed by atoms with Gasteiger partial charge in [0.2, 0.25) is 5.75 Å². The maximum absolute atomic E-state index is 12.1. The van der Waals surface area contributed by atoms with Crippen molar-refractivity contribution in [2.24, 2.45) is 0 Å². The highest BCUT2D eigenvalue weighted by Gasteiger charge is 2.15. The Bertz CT molecular complexity index is 699. The molecule has 2 aromatic carbocycles. The van der Waals surface area contributed by atoms with Crippen LogP contribution in [-0.4, -0.2) is 41.0 Å². The predicted molar refractivity (Wildman–Crippen MR) is 97.5 cm³/mol. The van der Waals surface area contributed by atoms with Crippen LogP contribution in [0.3, 0.4) is 0 Å². The molecule has 26 heavy (non-hydrogen) atoms. The molecule has 0 fully saturated rings. The molecule has 0 spiro atoms. The number of hydrogen-bond donors (Lipinski definition) is 0. The van der Waals surface area contributed by atoms with Gasteiger partial charge in [-0.1, -0.05) is 12.1 Å². The van der Waals surface area contributed by atoms with Crippen LogP contribution in [0.15, 0.2) is 36.4 Å². The summed E-state index contributed by atoms with van der Waals surface area (Å²) in [7, 11) is 6.23. The van der Waals surface area contributed by atoms with Gasteiger partial charge in [0.1, 0.15) is 5.75 Å². The topological polar surface area (TPSA) is 63.2 Å². The summed E-state index contributed by atoms with van der Waals surface area (Å²) in [6.45, 7) is 0.315. The highest BCUT2D eigenvalue weighted by Crippen LogP contribution is 2.38. The van der Waals surface area contributed by atoms with E-state index >= 15 is 0 Å². The van der Waals surface area contributed by atoms with Gasteiger partial charge in [0, 0.05) is 6.42 Å². The smallest absolute Gasteiger partial charge is 0.310 e. The largest absolute Gasteiger partial charge is 0.497 e. The number of benzene rings is 2. The first-order valence-corrected chi connectivity index (χ1v) is 8.18. The molecule has 6 nitrogen and oxygen atoms in total. The molecule has 6 heteroatoms. The lowest BCUT2D eigenvalue weighted by Gasteiger charge is -2.14. The lowest BCUT2D eigenvalue weighted by atomic mass is 10.1. The fourth-order valence-corrected chi connectivity index (χ4v) is 2.53. The highest BCUT2D eigenvalue weighted by atomic mass is 16.5. The maximum Gasteiger partial charge on any atom is 0.310 e. The van der Waals surface area contributed by atoms with Crippen molar-refractivity contribution in [1.82, 2.24) is 0 Å². The minimum absolute atomic E-state index is 0.124. The fraction of sp³-hybridized carbons (Fsp3) is 0.350. The van der Waals surface area contributed by atoms with Crippen LogP contribution in [0.2, 0.25) is 0 Å². The summed E-state index contributed by atoms with van der Waals surface area (Å²) in [5.41, 5.74) is 1.81. The molecule has 0 saturated heterocycles. The summed E-state index contributed by atoms with van der Waals surface area (Å²) in [5, 5.41) is 0. The molecular weight excluding hydrogens is 336 g/mol. The average molecular weight is 360 g/mol. The predicted octanol–water partition coefficient (Wildman–Crippen LogP) is 3.05. The van der Waals surface area contributed by atoms with E-state index in [1.807, 2.05) is 24.3 Å². The number of esters is 1. The molecule has 140 valence electrons. The standard InChI is InChI=1S/C20H24O6/c1-22-16-7-5-14(6-8-16)9-10-26-19(21)13-15-11-17(23-2)20(25-4)18(12-15)24-3/h5-8,11-12H,9-10,13H2,1-4H3. The molecule has 0 aliphatic heterocycles. The number of carbonyl (C=O) groups is 1. The van der Waals surface area contributed by atoms with Gasteiger partial charge in [-0.3, -0.25) is 4.79 Å². The summed E-state index contributed by atoms with van der Waals surface area (Å²) < 4.78 is 26.3. The van der Waals surface area contributed by atoms with E-state index in [4.69, 9.17) is 23.7 Å². The van der Waals surface area contributed by atoms with Crippen LogP contribution in [-0.2, 0) is 22.4 Å². The number of hydrogen-bond acceptors (Lipinski definition) is 6. The molecule has 0 unspecified atom stereocenters. The Morgan fingerprint density at radius 2 is 1.42 bits per heavy atom. The van der Waals surface area contributed by atoms with Gasteiger partial charge in [0.15, 0.2) is 11.5 Å². The molecule has 0 aromatic heterocycles. The van der Waals surface area contributed by atoms with Crippen LogP contribution in [0, 0.1) is 0 Å². The van der Waals surface area contributed by atoms with Crippen molar-refractivity contribution in [2.75, 3.05) is 35.0 Å². The third-order valence-corrected chi connectivity index (χ3v) is 3.89. The summed E-state index contributed by atoms with van der Waals surface area (Å²) in [4.78, 5) is 12.1. The van der Waals surface area contributed by atoms with E-state index in [0.29, 0.717) is 30.3 Å². The third-order valence-electron chi connectivity index (χ3n) is 3.89. The monoisotopic (exact) mass is 360 g/mol. The SMILES string of the molecule is COc1ccc(CCOC(=O)Cc2cc(OC)c(OC)c(OC)c2)cc1. The molecule has 0 aliphatic carbocycles. The van der Waals surface area contributed by atoms with E-state index in [9.17, 15) is 4.79 Å². The minimum atomic E-state index is -0.312. The fourth-order valence-electron chi connectivity index (χ4n) is 2.53. The van der Waals surface area contributed by atoms with Crippen molar-refractivity contribution in [2.45, 2.75) is 12.8 Å². The molecule has 0 heterocycles. The van der Waals surface area contributed by atoms with Gasteiger partial charge in [-0.2, -0.15) is 0 Å². The Kier molecular flexibility index (Phi) is 7.14. The summed E-state index contributed by atoms with van der Waals surface area (Å²) in [5.74, 6) is 1.99. The van der Waals surface area contributed by atoms with E-state index in [0.717, 1.165) is 16.9 Å². The van der Waals surface area contributed by atoms with Crippen molar-refractivity contribution in [3.05, 3.63) is 47.5 Å². The summed E-state index contributed by atoms with van der Waals surface area (Å²) in [6.07, 6.45) is 0.768. The molecule has 0 bridgehead atoms. The molecule has 0 atom stereocenters.